The van der Waals surface area contributed by atoms with Crippen molar-refractivity contribution < 1.29 is 9.90 Å². The minimum absolute atomic E-state index is 0.324. The highest BCUT2D eigenvalue weighted by Crippen LogP contribution is 2.08. The number of allylic oxidation sites excluding steroid dienone is 3. The van der Waals surface area contributed by atoms with Crippen LogP contribution in [0.5, 0.6) is 0 Å². The fraction of sp³-hybridized carbons (Fsp3) is 0.688. The van der Waals surface area contributed by atoms with E-state index in [2.05, 4.69) is 18.7 Å². The van der Waals surface area contributed by atoms with Crippen LogP contribution < -0.4 is 0 Å². The first-order valence-corrected chi connectivity index (χ1v) is 7.25. The summed E-state index contributed by atoms with van der Waals surface area (Å²) in [5, 5.41) is 8.48. The first-order valence-electron chi connectivity index (χ1n) is 7.25. The second-order valence-corrected chi connectivity index (χ2v) is 4.74. The lowest BCUT2D eigenvalue weighted by atomic mass is 10.1. The lowest BCUT2D eigenvalue weighted by Crippen LogP contribution is -1.93. The molecule has 0 aromatic carbocycles. The van der Waals surface area contributed by atoms with Crippen molar-refractivity contribution in [1.82, 2.24) is 0 Å². The fourth-order valence-electron chi connectivity index (χ4n) is 1.86. The van der Waals surface area contributed by atoms with Gasteiger partial charge < -0.3 is 5.11 Å². The van der Waals surface area contributed by atoms with Gasteiger partial charge in [-0.15, -0.1) is 6.58 Å². The predicted octanol–water partition coefficient (Wildman–Crippen LogP) is 5.10. The number of hydrogen-bond acceptors (Lipinski definition) is 1. The molecule has 0 amide bonds. The minimum atomic E-state index is -0.672. The third kappa shape index (κ3) is 14.9. The largest absolute Gasteiger partial charge is 0.481 e. The first-order chi connectivity index (χ1) is 8.77. The fourth-order valence-corrected chi connectivity index (χ4v) is 1.86. The van der Waals surface area contributed by atoms with Crippen molar-refractivity contribution in [3.8, 4) is 0 Å². The molecule has 1 N–H and O–H groups in total. The molecule has 0 spiro atoms. The van der Waals surface area contributed by atoms with E-state index in [-0.39, 0.29) is 0 Å². The summed E-state index contributed by atoms with van der Waals surface area (Å²) >= 11 is 0. The molecule has 0 saturated carbocycles. The average molecular weight is 252 g/mol. The van der Waals surface area contributed by atoms with E-state index in [0.717, 1.165) is 19.3 Å². The van der Waals surface area contributed by atoms with Gasteiger partial charge in [-0.2, -0.15) is 0 Å². The van der Waals surface area contributed by atoms with Gasteiger partial charge in [0, 0.05) is 6.42 Å². The highest BCUT2D eigenvalue weighted by Gasteiger charge is 1.95. The second-order valence-electron chi connectivity index (χ2n) is 4.74. The van der Waals surface area contributed by atoms with E-state index in [9.17, 15) is 4.79 Å². The van der Waals surface area contributed by atoms with Crippen LogP contribution in [0, 0.1) is 0 Å². The van der Waals surface area contributed by atoms with Crippen LogP contribution >= 0.6 is 0 Å². The van der Waals surface area contributed by atoms with Gasteiger partial charge in [-0.25, -0.2) is 0 Å². The Hall–Kier alpha value is -1.05. The standard InChI is InChI=1S/C16H28O2/c1-2-3-4-5-6-7-8-9-10-11-12-13-14-15-16(17)18/h2,7-8H,1,3-6,9-15H2,(H,17,18)/b8-7+. The van der Waals surface area contributed by atoms with Crippen molar-refractivity contribution in [1.29, 1.82) is 0 Å². The molecule has 0 fully saturated rings. The summed E-state index contributed by atoms with van der Waals surface area (Å²) in [7, 11) is 0. The van der Waals surface area contributed by atoms with E-state index in [1.54, 1.807) is 0 Å². The van der Waals surface area contributed by atoms with Gasteiger partial charge in [0.2, 0.25) is 0 Å². The average Bonchev–Trinajstić information content (AvgIpc) is 2.34. The summed E-state index contributed by atoms with van der Waals surface area (Å²) in [5.41, 5.74) is 0. The van der Waals surface area contributed by atoms with Crippen molar-refractivity contribution >= 4 is 5.97 Å². The molecule has 104 valence electrons. The Labute approximate surface area is 112 Å². The SMILES string of the molecule is C=CCCCC/C=C/CCCCCCCC(=O)O. The molecular formula is C16H28O2. The van der Waals surface area contributed by atoms with E-state index >= 15 is 0 Å². The minimum Gasteiger partial charge on any atom is -0.481 e. The highest BCUT2D eigenvalue weighted by molar-refractivity contribution is 5.66. The van der Waals surface area contributed by atoms with Crippen molar-refractivity contribution in [2.75, 3.05) is 0 Å². The monoisotopic (exact) mass is 252 g/mol. The summed E-state index contributed by atoms with van der Waals surface area (Å²) in [6.45, 7) is 3.71. The summed E-state index contributed by atoms with van der Waals surface area (Å²) in [6.07, 6.45) is 18.4. The van der Waals surface area contributed by atoms with Gasteiger partial charge in [-0.05, 0) is 44.9 Å². The van der Waals surface area contributed by atoms with Gasteiger partial charge in [0.25, 0.3) is 0 Å². The van der Waals surface area contributed by atoms with Gasteiger partial charge in [0.1, 0.15) is 0 Å². The zero-order valence-electron chi connectivity index (χ0n) is 11.6. The van der Waals surface area contributed by atoms with Crippen LogP contribution in [0.2, 0.25) is 0 Å². The maximum absolute atomic E-state index is 10.3. The summed E-state index contributed by atoms with van der Waals surface area (Å²) in [6, 6.07) is 0. The van der Waals surface area contributed by atoms with Crippen LogP contribution in [0.3, 0.4) is 0 Å². The zero-order valence-corrected chi connectivity index (χ0v) is 11.6. The van der Waals surface area contributed by atoms with Crippen LogP contribution in [0.15, 0.2) is 24.8 Å². The zero-order chi connectivity index (χ0) is 13.5. The Balaban J connectivity index is 3.08. The summed E-state index contributed by atoms with van der Waals surface area (Å²) in [5.74, 6) is -0.672. The van der Waals surface area contributed by atoms with E-state index in [1.165, 1.54) is 44.9 Å². The Morgan fingerprint density at radius 1 is 0.833 bits per heavy atom. The second kappa shape index (κ2) is 14.0. The normalized spacial score (nSPS) is 10.9. The maximum Gasteiger partial charge on any atom is 0.303 e. The molecular weight excluding hydrogens is 224 g/mol. The van der Waals surface area contributed by atoms with Crippen molar-refractivity contribution in [3.05, 3.63) is 24.8 Å². The molecule has 0 unspecified atom stereocenters. The lowest BCUT2D eigenvalue weighted by molar-refractivity contribution is -0.137. The molecule has 0 aliphatic heterocycles. The number of hydrogen-bond donors (Lipinski definition) is 1. The molecule has 2 nitrogen and oxygen atoms in total. The third-order valence-corrected chi connectivity index (χ3v) is 2.96. The molecule has 0 atom stereocenters. The predicted molar refractivity (Wildman–Crippen MR) is 77.8 cm³/mol. The molecule has 0 aromatic heterocycles. The first kappa shape index (κ1) is 16.9. The van der Waals surface area contributed by atoms with Crippen LogP contribution in [0.25, 0.3) is 0 Å². The van der Waals surface area contributed by atoms with Gasteiger partial charge >= 0.3 is 5.97 Å². The smallest absolute Gasteiger partial charge is 0.303 e. The molecule has 0 radical (unpaired) electrons. The van der Waals surface area contributed by atoms with E-state index in [1.807, 2.05) is 6.08 Å². The Bertz CT molecular complexity index is 231. The molecule has 0 saturated heterocycles. The van der Waals surface area contributed by atoms with Crippen LogP contribution in [0.1, 0.15) is 70.6 Å². The molecule has 2 heteroatoms. The van der Waals surface area contributed by atoms with Crippen molar-refractivity contribution in [3.63, 3.8) is 0 Å². The summed E-state index contributed by atoms with van der Waals surface area (Å²) in [4.78, 5) is 10.3. The third-order valence-electron chi connectivity index (χ3n) is 2.96. The van der Waals surface area contributed by atoms with E-state index < -0.39 is 5.97 Å². The van der Waals surface area contributed by atoms with Gasteiger partial charge in [0.15, 0.2) is 0 Å². The topological polar surface area (TPSA) is 37.3 Å². The number of unbranched alkanes of at least 4 members (excludes halogenated alkanes) is 8. The van der Waals surface area contributed by atoms with Crippen molar-refractivity contribution in [2.45, 2.75) is 70.6 Å². The van der Waals surface area contributed by atoms with Crippen LogP contribution in [-0.4, -0.2) is 11.1 Å². The number of carboxylic acid groups (broad SMARTS) is 1. The number of rotatable bonds is 13. The molecule has 0 aliphatic rings. The Morgan fingerprint density at radius 2 is 1.33 bits per heavy atom. The van der Waals surface area contributed by atoms with Gasteiger partial charge in [0.05, 0.1) is 0 Å². The number of carbonyl (C=O) groups is 1. The number of aliphatic carboxylic acids is 1. The molecule has 0 bridgehead atoms. The Kier molecular flexibility index (Phi) is 13.2. The highest BCUT2D eigenvalue weighted by atomic mass is 16.4. The molecule has 0 aromatic rings. The van der Waals surface area contributed by atoms with Crippen LogP contribution in [-0.2, 0) is 4.79 Å². The van der Waals surface area contributed by atoms with Gasteiger partial charge in [-0.1, -0.05) is 37.5 Å². The quantitative estimate of drug-likeness (QED) is 0.365. The maximum atomic E-state index is 10.3. The molecule has 0 rings (SSSR count). The van der Waals surface area contributed by atoms with E-state index in [4.69, 9.17) is 5.11 Å². The van der Waals surface area contributed by atoms with E-state index in [0.29, 0.717) is 6.42 Å². The van der Waals surface area contributed by atoms with Gasteiger partial charge in [-0.3, -0.25) is 4.79 Å². The summed E-state index contributed by atoms with van der Waals surface area (Å²) < 4.78 is 0. The number of carboxylic acids is 1. The van der Waals surface area contributed by atoms with Crippen molar-refractivity contribution in [2.24, 2.45) is 0 Å². The molecule has 18 heavy (non-hydrogen) atoms. The van der Waals surface area contributed by atoms with Crippen LogP contribution in [0.4, 0.5) is 0 Å². The Morgan fingerprint density at radius 3 is 1.94 bits per heavy atom. The lowest BCUT2D eigenvalue weighted by Gasteiger charge is -1.98. The molecule has 0 heterocycles. The molecule has 0 aliphatic carbocycles.